The molecular weight excluding hydrogens is 230 g/mol. The van der Waals surface area contributed by atoms with E-state index in [-0.39, 0.29) is 10.7 Å². The third-order valence-electron chi connectivity index (χ3n) is 2.12. The van der Waals surface area contributed by atoms with Crippen LogP contribution >= 0.6 is 15.9 Å². The van der Waals surface area contributed by atoms with Gasteiger partial charge in [-0.2, -0.15) is 0 Å². The Bertz CT molecular complexity index is 150. The quantitative estimate of drug-likeness (QED) is 0.721. The van der Waals surface area contributed by atoms with E-state index in [0.717, 1.165) is 25.7 Å². The minimum Gasteiger partial charge on any atom is -0.352 e. The summed E-state index contributed by atoms with van der Waals surface area (Å²) in [4.78, 5) is 11.4. The number of alkyl halides is 1. The molecule has 0 aliphatic rings. The van der Waals surface area contributed by atoms with E-state index in [4.69, 9.17) is 0 Å². The smallest absolute Gasteiger partial charge is 0.233 e. The van der Waals surface area contributed by atoms with Crippen LogP contribution in [0, 0.1) is 0 Å². The van der Waals surface area contributed by atoms with Gasteiger partial charge in [-0.1, -0.05) is 43.1 Å². The molecule has 0 bridgehead atoms. The van der Waals surface area contributed by atoms with Gasteiger partial charge in [0.05, 0.1) is 4.83 Å². The molecule has 0 rings (SSSR count). The van der Waals surface area contributed by atoms with Crippen LogP contribution in [0.5, 0.6) is 0 Å². The van der Waals surface area contributed by atoms with Crippen molar-refractivity contribution in [2.24, 2.45) is 0 Å². The van der Waals surface area contributed by atoms with E-state index in [1.54, 1.807) is 0 Å². The lowest BCUT2D eigenvalue weighted by molar-refractivity contribution is -0.121. The van der Waals surface area contributed by atoms with Gasteiger partial charge in [0.15, 0.2) is 0 Å². The molecular formula is C10H20BrNO. The van der Waals surface area contributed by atoms with Crippen molar-refractivity contribution in [2.45, 2.75) is 57.3 Å². The van der Waals surface area contributed by atoms with Crippen molar-refractivity contribution in [2.75, 3.05) is 0 Å². The number of halogens is 1. The maximum atomic E-state index is 11.5. The third kappa shape index (κ3) is 5.29. The molecule has 0 aliphatic carbocycles. The highest BCUT2D eigenvalue weighted by Gasteiger charge is 2.15. The minimum absolute atomic E-state index is 0.0293. The normalized spacial score (nSPS) is 15.1. The molecule has 3 heteroatoms. The highest BCUT2D eigenvalue weighted by Crippen LogP contribution is 2.07. The van der Waals surface area contributed by atoms with Gasteiger partial charge in [0, 0.05) is 6.04 Å². The molecule has 0 spiro atoms. The van der Waals surface area contributed by atoms with Crippen molar-refractivity contribution in [3.8, 4) is 0 Å². The molecule has 0 aliphatic heterocycles. The first-order valence-electron chi connectivity index (χ1n) is 5.10. The summed E-state index contributed by atoms with van der Waals surface area (Å²) >= 11 is 3.34. The molecule has 1 amide bonds. The summed E-state index contributed by atoms with van der Waals surface area (Å²) in [7, 11) is 0. The summed E-state index contributed by atoms with van der Waals surface area (Å²) in [6.45, 7) is 6.25. The molecule has 0 saturated carbocycles. The first kappa shape index (κ1) is 12.9. The number of hydrogen-bond acceptors (Lipinski definition) is 1. The molecule has 0 aromatic heterocycles. The van der Waals surface area contributed by atoms with Crippen LogP contribution in [0.2, 0.25) is 0 Å². The van der Waals surface area contributed by atoms with Gasteiger partial charge in [0.1, 0.15) is 0 Å². The summed E-state index contributed by atoms with van der Waals surface area (Å²) in [6, 6.07) is 0.351. The fourth-order valence-electron chi connectivity index (χ4n) is 1.20. The topological polar surface area (TPSA) is 29.1 Å². The number of carbonyl (C=O) groups excluding carboxylic acids is 1. The largest absolute Gasteiger partial charge is 0.352 e. The number of nitrogens with one attached hydrogen (secondary N) is 1. The lowest BCUT2D eigenvalue weighted by atomic mass is 10.1. The zero-order valence-corrected chi connectivity index (χ0v) is 10.4. The van der Waals surface area contributed by atoms with Gasteiger partial charge in [0.2, 0.25) is 5.91 Å². The molecule has 0 fully saturated rings. The van der Waals surface area contributed by atoms with Gasteiger partial charge in [-0.05, 0) is 19.3 Å². The highest BCUT2D eigenvalue weighted by atomic mass is 79.9. The average Bonchev–Trinajstić information content (AvgIpc) is 2.15. The van der Waals surface area contributed by atoms with E-state index in [1.807, 2.05) is 6.92 Å². The van der Waals surface area contributed by atoms with Crippen molar-refractivity contribution >= 4 is 21.8 Å². The van der Waals surface area contributed by atoms with Gasteiger partial charge in [0.25, 0.3) is 0 Å². The van der Waals surface area contributed by atoms with Crippen LogP contribution in [0.3, 0.4) is 0 Å². The highest BCUT2D eigenvalue weighted by molar-refractivity contribution is 9.10. The van der Waals surface area contributed by atoms with Crippen molar-refractivity contribution < 1.29 is 4.79 Å². The fraction of sp³-hybridized carbons (Fsp3) is 0.900. The molecule has 0 radical (unpaired) electrons. The Labute approximate surface area is 89.6 Å². The summed E-state index contributed by atoms with van der Waals surface area (Å²) < 4.78 is 0. The molecule has 0 aromatic carbocycles. The van der Waals surface area contributed by atoms with E-state index in [2.05, 4.69) is 35.1 Å². The molecule has 2 atom stereocenters. The van der Waals surface area contributed by atoms with Crippen molar-refractivity contribution in [3.05, 3.63) is 0 Å². The minimum atomic E-state index is -0.0293. The van der Waals surface area contributed by atoms with Gasteiger partial charge in [-0.15, -0.1) is 0 Å². The number of rotatable bonds is 6. The Kier molecular flexibility index (Phi) is 7.33. The van der Waals surface area contributed by atoms with E-state index in [0.29, 0.717) is 6.04 Å². The second-order valence-corrected chi connectivity index (χ2v) is 4.38. The molecule has 0 heterocycles. The lowest BCUT2D eigenvalue weighted by Crippen LogP contribution is -2.38. The van der Waals surface area contributed by atoms with Crippen molar-refractivity contribution in [1.82, 2.24) is 5.32 Å². The second kappa shape index (κ2) is 7.36. The number of amides is 1. The Morgan fingerprint density at radius 1 is 1.31 bits per heavy atom. The van der Waals surface area contributed by atoms with Crippen LogP contribution in [0.1, 0.15) is 46.5 Å². The predicted molar refractivity (Wildman–Crippen MR) is 60.1 cm³/mol. The maximum Gasteiger partial charge on any atom is 0.233 e. The van der Waals surface area contributed by atoms with Crippen LogP contribution in [0.15, 0.2) is 0 Å². The Morgan fingerprint density at radius 2 is 1.92 bits per heavy atom. The Balaban J connectivity index is 3.85. The molecule has 0 aromatic rings. The van der Waals surface area contributed by atoms with E-state index in [1.165, 1.54) is 0 Å². The van der Waals surface area contributed by atoms with Crippen molar-refractivity contribution in [1.29, 1.82) is 0 Å². The van der Waals surface area contributed by atoms with Crippen LogP contribution < -0.4 is 5.32 Å². The molecule has 13 heavy (non-hydrogen) atoms. The van der Waals surface area contributed by atoms with Crippen LogP contribution in [0.4, 0.5) is 0 Å². The molecule has 1 N–H and O–H groups in total. The van der Waals surface area contributed by atoms with Gasteiger partial charge >= 0.3 is 0 Å². The molecule has 2 nitrogen and oxygen atoms in total. The summed E-state index contributed by atoms with van der Waals surface area (Å²) in [5, 5.41) is 3.03. The van der Waals surface area contributed by atoms with Crippen LogP contribution in [-0.4, -0.2) is 16.8 Å². The summed E-state index contributed by atoms with van der Waals surface area (Å²) in [5.41, 5.74) is 0. The van der Waals surface area contributed by atoms with E-state index in [9.17, 15) is 4.79 Å². The SMILES string of the molecule is CCCC(CC)NC(=O)C(Br)CC. The standard InChI is InChI=1S/C10H20BrNO/c1-4-7-8(5-2)12-10(13)9(11)6-3/h8-9H,4-7H2,1-3H3,(H,12,13). The monoisotopic (exact) mass is 249 g/mol. The second-order valence-electron chi connectivity index (χ2n) is 3.28. The van der Waals surface area contributed by atoms with Gasteiger partial charge in [-0.25, -0.2) is 0 Å². The lowest BCUT2D eigenvalue weighted by Gasteiger charge is -2.17. The molecule has 0 saturated heterocycles. The van der Waals surface area contributed by atoms with Gasteiger partial charge < -0.3 is 5.32 Å². The first-order chi connectivity index (χ1) is 6.15. The van der Waals surface area contributed by atoms with E-state index >= 15 is 0 Å². The van der Waals surface area contributed by atoms with Gasteiger partial charge in [-0.3, -0.25) is 4.79 Å². The summed E-state index contributed by atoms with van der Waals surface area (Å²) in [6.07, 6.45) is 4.06. The first-order valence-corrected chi connectivity index (χ1v) is 6.01. The number of carbonyl (C=O) groups is 1. The van der Waals surface area contributed by atoms with Crippen LogP contribution in [-0.2, 0) is 4.79 Å². The fourth-order valence-corrected chi connectivity index (χ4v) is 1.34. The summed E-state index contributed by atoms with van der Waals surface area (Å²) in [5.74, 6) is 0.128. The molecule has 78 valence electrons. The van der Waals surface area contributed by atoms with Crippen LogP contribution in [0.25, 0.3) is 0 Å². The zero-order chi connectivity index (χ0) is 10.3. The Hall–Kier alpha value is -0.0500. The Morgan fingerprint density at radius 3 is 2.31 bits per heavy atom. The zero-order valence-electron chi connectivity index (χ0n) is 8.77. The molecule has 2 unspecified atom stereocenters. The average molecular weight is 250 g/mol. The number of hydrogen-bond donors (Lipinski definition) is 1. The van der Waals surface area contributed by atoms with Crippen molar-refractivity contribution in [3.63, 3.8) is 0 Å². The predicted octanol–water partition coefficient (Wildman–Crippen LogP) is 2.85. The maximum absolute atomic E-state index is 11.5. The van der Waals surface area contributed by atoms with E-state index < -0.39 is 0 Å². The third-order valence-corrected chi connectivity index (χ3v) is 3.18.